The van der Waals surface area contributed by atoms with Gasteiger partial charge in [-0.3, -0.25) is 9.59 Å². The minimum absolute atomic E-state index is 0.0284. The molecule has 0 aromatic carbocycles. The molecule has 2 aromatic rings. The van der Waals surface area contributed by atoms with Crippen LogP contribution in [0.25, 0.3) is 0 Å². The number of carbonyl (C=O) groups is 2. The molecule has 0 aliphatic rings. The van der Waals surface area contributed by atoms with Gasteiger partial charge in [0.05, 0.1) is 16.3 Å². The molecule has 22 heavy (non-hydrogen) atoms. The standard InChI is InChI=1S/C15H19N3O2S2/c1-16-14(19)8-17-15(20)11-18(9-12-4-2-6-21-12)10-13-5-3-7-22-13/h2-7H,8-11H2,1H3,(H,16,19)(H,17,20)/p+1. The highest BCUT2D eigenvalue weighted by Gasteiger charge is 2.17. The van der Waals surface area contributed by atoms with Crippen molar-refractivity contribution in [2.24, 2.45) is 0 Å². The molecule has 2 heterocycles. The lowest BCUT2D eigenvalue weighted by Gasteiger charge is -2.17. The number of amides is 2. The molecule has 0 bridgehead atoms. The van der Waals surface area contributed by atoms with E-state index in [1.165, 1.54) is 14.7 Å². The van der Waals surface area contributed by atoms with Crippen molar-refractivity contribution >= 4 is 34.5 Å². The van der Waals surface area contributed by atoms with Crippen LogP contribution in [0.1, 0.15) is 9.75 Å². The highest BCUT2D eigenvalue weighted by atomic mass is 32.1. The zero-order chi connectivity index (χ0) is 15.8. The first-order valence-electron chi connectivity index (χ1n) is 7.03. The van der Waals surface area contributed by atoms with Gasteiger partial charge in [0.25, 0.3) is 5.91 Å². The zero-order valence-electron chi connectivity index (χ0n) is 12.4. The van der Waals surface area contributed by atoms with Crippen LogP contribution in [-0.4, -0.2) is 32.0 Å². The van der Waals surface area contributed by atoms with Crippen LogP contribution in [0, 0.1) is 0 Å². The van der Waals surface area contributed by atoms with Crippen LogP contribution in [0.15, 0.2) is 35.0 Å². The number of rotatable bonds is 8. The summed E-state index contributed by atoms with van der Waals surface area (Å²) in [5, 5.41) is 9.24. The Morgan fingerprint density at radius 2 is 1.64 bits per heavy atom. The molecule has 2 amide bonds. The van der Waals surface area contributed by atoms with Crippen LogP contribution in [0.3, 0.4) is 0 Å². The summed E-state index contributed by atoms with van der Waals surface area (Å²) in [4.78, 5) is 26.9. The molecule has 0 fully saturated rings. The van der Waals surface area contributed by atoms with Crippen LogP contribution in [-0.2, 0) is 22.7 Å². The monoisotopic (exact) mass is 338 g/mol. The van der Waals surface area contributed by atoms with E-state index in [9.17, 15) is 9.59 Å². The maximum atomic E-state index is 12.0. The highest BCUT2D eigenvalue weighted by molar-refractivity contribution is 7.10. The predicted molar refractivity (Wildman–Crippen MR) is 89.0 cm³/mol. The Morgan fingerprint density at radius 3 is 2.09 bits per heavy atom. The van der Waals surface area contributed by atoms with E-state index >= 15 is 0 Å². The van der Waals surface area contributed by atoms with Crippen molar-refractivity contribution in [1.82, 2.24) is 10.6 Å². The second-order valence-electron chi connectivity index (χ2n) is 4.89. The summed E-state index contributed by atoms with van der Waals surface area (Å²) in [5.41, 5.74) is 0. The molecule has 0 radical (unpaired) electrons. The summed E-state index contributed by atoms with van der Waals surface area (Å²) >= 11 is 3.40. The minimum atomic E-state index is -0.189. The average molecular weight is 338 g/mol. The van der Waals surface area contributed by atoms with Gasteiger partial charge in [-0.2, -0.15) is 0 Å². The summed E-state index contributed by atoms with van der Waals surface area (Å²) in [5.74, 6) is -0.293. The second kappa shape index (κ2) is 8.67. The van der Waals surface area contributed by atoms with Crippen molar-refractivity contribution in [2.75, 3.05) is 20.1 Å². The van der Waals surface area contributed by atoms with Crippen molar-refractivity contribution in [3.63, 3.8) is 0 Å². The summed E-state index contributed by atoms with van der Waals surface area (Å²) in [7, 11) is 1.56. The Labute approximate surface area is 138 Å². The third kappa shape index (κ3) is 5.59. The van der Waals surface area contributed by atoms with Gasteiger partial charge in [-0.05, 0) is 22.9 Å². The summed E-state index contributed by atoms with van der Waals surface area (Å²) < 4.78 is 0. The fourth-order valence-corrected chi connectivity index (χ4v) is 3.62. The SMILES string of the molecule is CNC(=O)CNC(=O)C[NH+](Cc1cccs1)Cc1cccs1. The van der Waals surface area contributed by atoms with Gasteiger partial charge >= 0.3 is 0 Å². The number of thiophene rings is 2. The fraction of sp³-hybridized carbons (Fsp3) is 0.333. The third-order valence-corrected chi connectivity index (χ3v) is 4.90. The Morgan fingerprint density at radius 1 is 1.05 bits per heavy atom. The van der Waals surface area contributed by atoms with Crippen LogP contribution in [0.2, 0.25) is 0 Å². The first kappa shape index (κ1) is 16.7. The van der Waals surface area contributed by atoms with Crippen LogP contribution >= 0.6 is 22.7 Å². The van der Waals surface area contributed by atoms with Crippen LogP contribution < -0.4 is 15.5 Å². The normalized spacial score (nSPS) is 10.6. The molecule has 0 aliphatic carbocycles. The molecule has 5 nitrogen and oxygen atoms in total. The third-order valence-electron chi connectivity index (χ3n) is 3.14. The molecule has 0 unspecified atom stereocenters. The molecule has 0 aliphatic heterocycles. The highest BCUT2D eigenvalue weighted by Crippen LogP contribution is 2.08. The summed E-state index contributed by atoms with van der Waals surface area (Å²) in [6.07, 6.45) is 0. The van der Waals surface area contributed by atoms with E-state index in [-0.39, 0.29) is 18.4 Å². The van der Waals surface area contributed by atoms with Gasteiger partial charge in [0.2, 0.25) is 5.91 Å². The van der Waals surface area contributed by atoms with Gasteiger partial charge in [0.15, 0.2) is 6.54 Å². The van der Waals surface area contributed by atoms with E-state index in [0.717, 1.165) is 13.1 Å². The second-order valence-corrected chi connectivity index (χ2v) is 6.95. The first-order chi connectivity index (χ1) is 10.7. The Bertz CT molecular complexity index is 546. The van der Waals surface area contributed by atoms with Crippen LogP contribution in [0.4, 0.5) is 0 Å². The largest absolute Gasteiger partial charge is 0.358 e. The molecule has 2 aromatic heterocycles. The molecule has 118 valence electrons. The maximum Gasteiger partial charge on any atom is 0.275 e. The van der Waals surface area contributed by atoms with Crippen molar-refractivity contribution in [1.29, 1.82) is 0 Å². The number of likely N-dealkylation sites (N-methyl/N-ethyl adjacent to an activating group) is 1. The molecule has 2 rings (SSSR count). The van der Waals surface area contributed by atoms with Gasteiger partial charge in [0, 0.05) is 7.05 Å². The minimum Gasteiger partial charge on any atom is -0.358 e. The van der Waals surface area contributed by atoms with Gasteiger partial charge in [0.1, 0.15) is 13.1 Å². The first-order valence-corrected chi connectivity index (χ1v) is 8.79. The molecule has 0 saturated carbocycles. The maximum absolute atomic E-state index is 12.0. The van der Waals surface area contributed by atoms with Crippen molar-refractivity contribution < 1.29 is 14.5 Å². The summed E-state index contributed by atoms with van der Waals surface area (Å²) in [6.45, 7) is 2.00. The number of nitrogens with one attached hydrogen (secondary N) is 3. The summed E-state index contributed by atoms with van der Waals surface area (Å²) in [6, 6.07) is 8.21. The number of hydrogen-bond donors (Lipinski definition) is 3. The zero-order valence-corrected chi connectivity index (χ0v) is 14.1. The van der Waals surface area contributed by atoms with Gasteiger partial charge in [-0.15, -0.1) is 22.7 Å². The molecular formula is C15H20N3O2S2+. The van der Waals surface area contributed by atoms with E-state index in [0.29, 0.717) is 6.54 Å². The Hall–Kier alpha value is -1.70. The van der Waals surface area contributed by atoms with Crippen LogP contribution in [0.5, 0.6) is 0 Å². The van der Waals surface area contributed by atoms with E-state index in [4.69, 9.17) is 0 Å². The molecular weight excluding hydrogens is 318 g/mol. The molecule has 7 heteroatoms. The van der Waals surface area contributed by atoms with Crippen molar-refractivity contribution in [3.8, 4) is 0 Å². The van der Waals surface area contributed by atoms with E-state index in [1.807, 2.05) is 22.9 Å². The molecule has 0 spiro atoms. The van der Waals surface area contributed by atoms with E-state index in [2.05, 4.69) is 22.8 Å². The quantitative estimate of drug-likeness (QED) is 0.646. The lowest BCUT2D eigenvalue weighted by molar-refractivity contribution is -0.919. The van der Waals surface area contributed by atoms with Gasteiger partial charge < -0.3 is 15.5 Å². The Balaban J connectivity index is 1.91. The van der Waals surface area contributed by atoms with E-state index in [1.54, 1.807) is 29.7 Å². The molecule has 0 atom stereocenters. The van der Waals surface area contributed by atoms with E-state index < -0.39 is 0 Å². The lowest BCUT2D eigenvalue weighted by Crippen LogP contribution is -3.10. The van der Waals surface area contributed by atoms with Crippen molar-refractivity contribution in [3.05, 3.63) is 44.8 Å². The molecule has 3 N–H and O–H groups in total. The topological polar surface area (TPSA) is 62.6 Å². The van der Waals surface area contributed by atoms with Gasteiger partial charge in [-0.25, -0.2) is 0 Å². The number of carbonyl (C=O) groups excluding carboxylic acids is 2. The average Bonchev–Trinajstić information content (AvgIpc) is 3.18. The smallest absolute Gasteiger partial charge is 0.275 e. The number of hydrogen-bond acceptors (Lipinski definition) is 4. The van der Waals surface area contributed by atoms with Gasteiger partial charge in [-0.1, -0.05) is 12.1 Å². The molecule has 0 saturated heterocycles. The predicted octanol–water partition coefficient (Wildman–Crippen LogP) is 0.257. The Kier molecular flexibility index (Phi) is 6.57. The van der Waals surface area contributed by atoms with Crippen molar-refractivity contribution in [2.45, 2.75) is 13.1 Å². The lowest BCUT2D eigenvalue weighted by atomic mass is 10.3. The number of quaternary nitrogens is 1. The fourth-order valence-electron chi connectivity index (χ4n) is 2.06.